The first-order valence-electron chi connectivity index (χ1n) is 9.66. The fourth-order valence-electron chi connectivity index (χ4n) is 3.22. The maximum Gasteiger partial charge on any atom is 0.265 e. The van der Waals surface area contributed by atoms with E-state index >= 15 is 0 Å². The molecule has 0 aliphatic rings. The number of benzene rings is 3. The molecule has 1 amide bonds. The van der Waals surface area contributed by atoms with Gasteiger partial charge in [0.25, 0.3) is 5.91 Å². The van der Waals surface area contributed by atoms with E-state index in [4.69, 9.17) is 9.15 Å². The fourth-order valence-corrected chi connectivity index (χ4v) is 3.22. The Morgan fingerprint density at radius 1 is 1.00 bits per heavy atom. The Kier molecular flexibility index (Phi) is 5.35. The van der Waals surface area contributed by atoms with E-state index in [1.54, 1.807) is 25.1 Å². The van der Waals surface area contributed by atoms with Crippen LogP contribution in [0.3, 0.4) is 0 Å². The number of nitrogens with one attached hydrogen (secondary N) is 1. The summed E-state index contributed by atoms with van der Waals surface area (Å²) in [4.78, 5) is 25.3. The first-order chi connectivity index (χ1) is 14.5. The lowest BCUT2D eigenvalue weighted by molar-refractivity contribution is -0.122. The minimum absolute atomic E-state index is 0.112. The summed E-state index contributed by atoms with van der Waals surface area (Å²) in [6.07, 6.45) is 0.732. The van der Waals surface area contributed by atoms with Crippen LogP contribution in [0.2, 0.25) is 0 Å². The second-order valence-corrected chi connectivity index (χ2v) is 7.12. The lowest BCUT2D eigenvalue weighted by atomic mass is 10.1. The first kappa shape index (κ1) is 19.5. The van der Waals surface area contributed by atoms with Gasteiger partial charge in [-0.2, -0.15) is 0 Å². The predicted octanol–water partition coefficient (Wildman–Crippen LogP) is 5.17. The summed E-state index contributed by atoms with van der Waals surface area (Å²) in [6.45, 7) is 3.63. The third-order valence-corrected chi connectivity index (χ3v) is 4.80. The molecule has 0 aliphatic carbocycles. The molecule has 3 aromatic carbocycles. The number of anilines is 1. The number of aryl methyl sites for hydroxylation is 1. The smallest absolute Gasteiger partial charge is 0.265 e. The molecule has 5 heteroatoms. The number of carbonyl (C=O) groups excluding carboxylic acids is 1. The molecule has 150 valence electrons. The number of fused-ring (bicyclic) bond motifs is 1. The molecular formula is C25H21NO4. The van der Waals surface area contributed by atoms with Crippen molar-refractivity contribution >= 4 is 22.6 Å². The third kappa shape index (κ3) is 4.10. The van der Waals surface area contributed by atoms with Crippen LogP contribution in [0.25, 0.3) is 22.1 Å². The van der Waals surface area contributed by atoms with Crippen molar-refractivity contribution in [1.82, 2.24) is 0 Å². The minimum atomic E-state index is -0.724. The Morgan fingerprint density at radius 2 is 1.80 bits per heavy atom. The summed E-state index contributed by atoms with van der Waals surface area (Å²) in [5, 5.41) is 3.30. The number of hydrogen-bond acceptors (Lipinski definition) is 4. The molecule has 0 bridgehead atoms. The molecule has 0 fully saturated rings. The van der Waals surface area contributed by atoms with Crippen molar-refractivity contribution < 1.29 is 13.9 Å². The van der Waals surface area contributed by atoms with E-state index < -0.39 is 6.10 Å². The highest BCUT2D eigenvalue weighted by Crippen LogP contribution is 2.24. The van der Waals surface area contributed by atoms with Gasteiger partial charge < -0.3 is 14.5 Å². The standard InChI is InChI=1S/C25H21NO4/c1-16-7-6-10-19(13-16)26-25(28)17(2)30-20-11-12-21-23(14-20)29-15-22(24(21)27)18-8-4-3-5-9-18/h3-15,17H,1-2H3,(H,26,28)/t17-/m0/s1. The van der Waals surface area contributed by atoms with E-state index in [1.165, 1.54) is 6.26 Å². The molecule has 4 rings (SSSR count). The number of rotatable bonds is 5. The molecule has 1 atom stereocenters. The summed E-state index contributed by atoms with van der Waals surface area (Å²) < 4.78 is 11.5. The maximum atomic E-state index is 12.8. The van der Waals surface area contributed by atoms with Gasteiger partial charge >= 0.3 is 0 Å². The topological polar surface area (TPSA) is 68.5 Å². The summed E-state index contributed by atoms with van der Waals surface area (Å²) >= 11 is 0. The Balaban J connectivity index is 1.53. The van der Waals surface area contributed by atoms with Crippen molar-refractivity contribution in [2.24, 2.45) is 0 Å². The van der Waals surface area contributed by atoms with Crippen LogP contribution in [0.5, 0.6) is 5.75 Å². The molecule has 0 radical (unpaired) electrons. The summed E-state index contributed by atoms with van der Waals surface area (Å²) in [7, 11) is 0. The first-order valence-corrected chi connectivity index (χ1v) is 9.66. The third-order valence-electron chi connectivity index (χ3n) is 4.80. The van der Waals surface area contributed by atoms with Crippen molar-refractivity contribution in [2.75, 3.05) is 5.32 Å². The predicted molar refractivity (Wildman–Crippen MR) is 118 cm³/mol. The van der Waals surface area contributed by atoms with Gasteiger partial charge in [-0.05, 0) is 49.2 Å². The van der Waals surface area contributed by atoms with E-state index in [0.29, 0.717) is 28.0 Å². The summed E-state index contributed by atoms with van der Waals surface area (Å²) in [6, 6.07) is 21.9. The molecule has 1 aromatic heterocycles. The molecule has 0 saturated heterocycles. The van der Waals surface area contributed by atoms with Crippen LogP contribution < -0.4 is 15.5 Å². The number of ether oxygens (including phenoxy) is 1. The van der Waals surface area contributed by atoms with E-state index in [0.717, 1.165) is 11.1 Å². The second-order valence-electron chi connectivity index (χ2n) is 7.12. The molecule has 0 unspecified atom stereocenters. The van der Waals surface area contributed by atoms with Gasteiger partial charge in [-0.3, -0.25) is 9.59 Å². The lowest BCUT2D eigenvalue weighted by Gasteiger charge is -2.15. The molecule has 0 aliphatic heterocycles. The quantitative estimate of drug-likeness (QED) is 0.502. The highest BCUT2D eigenvalue weighted by molar-refractivity contribution is 5.94. The zero-order chi connectivity index (χ0) is 21.1. The van der Waals surface area contributed by atoms with Gasteiger partial charge in [0.2, 0.25) is 0 Å². The number of amides is 1. The van der Waals surface area contributed by atoms with Crippen molar-refractivity contribution in [2.45, 2.75) is 20.0 Å². The average Bonchev–Trinajstić information content (AvgIpc) is 2.74. The van der Waals surface area contributed by atoms with Gasteiger partial charge in [-0.1, -0.05) is 42.5 Å². The van der Waals surface area contributed by atoms with Gasteiger partial charge in [-0.15, -0.1) is 0 Å². The zero-order valence-electron chi connectivity index (χ0n) is 16.7. The molecular weight excluding hydrogens is 378 g/mol. The average molecular weight is 399 g/mol. The van der Waals surface area contributed by atoms with Gasteiger partial charge in [0.05, 0.1) is 10.9 Å². The fraction of sp³-hybridized carbons (Fsp3) is 0.120. The van der Waals surface area contributed by atoms with Gasteiger partial charge in [0.15, 0.2) is 11.5 Å². The summed E-state index contributed by atoms with van der Waals surface area (Å²) in [5.41, 5.74) is 3.37. The van der Waals surface area contributed by atoms with Crippen LogP contribution in [-0.4, -0.2) is 12.0 Å². The molecule has 0 spiro atoms. The maximum absolute atomic E-state index is 12.8. The van der Waals surface area contributed by atoms with E-state index in [1.807, 2.05) is 61.5 Å². The number of hydrogen-bond donors (Lipinski definition) is 1. The summed E-state index contributed by atoms with van der Waals surface area (Å²) in [5.74, 6) is 0.187. The van der Waals surface area contributed by atoms with Crippen LogP contribution in [0.4, 0.5) is 5.69 Å². The van der Waals surface area contributed by atoms with Crippen LogP contribution in [0.1, 0.15) is 12.5 Å². The molecule has 5 nitrogen and oxygen atoms in total. The molecule has 1 N–H and O–H groups in total. The largest absolute Gasteiger partial charge is 0.481 e. The normalized spacial score (nSPS) is 11.8. The van der Waals surface area contributed by atoms with Gasteiger partial charge in [0, 0.05) is 11.8 Å². The number of carbonyl (C=O) groups is 1. The van der Waals surface area contributed by atoms with Crippen molar-refractivity contribution in [3.05, 3.63) is 94.8 Å². The van der Waals surface area contributed by atoms with Crippen molar-refractivity contribution in [3.63, 3.8) is 0 Å². The van der Waals surface area contributed by atoms with Gasteiger partial charge in [0.1, 0.15) is 17.6 Å². The Hall–Kier alpha value is -3.86. The Labute approximate surface area is 173 Å². The van der Waals surface area contributed by atoms with Crippen LogP contribution >= 0.6 is 0 Å². The van der Waals surface area contributed by atoms with Crippen LogP contribution in [0.15, 0.2) is 88.3 Å². The van der Waals surface area contributed by atoms with Crippen LogP contribution in [0, 0.1) is 6.92 Å². The minimum Gasteiger partial charge on any atom is -0.481 e. The zero-order valence-corrected chi connectivity index (χ0v) is 16.7. The van der Waals surface area contributed by atoms with Crippen LogP contribution in [-0.2, 0) is 4.79 Å². The SMILES string of the molecule is Cc1cccc(NC(=O)[C@H](C)Oc2ccc3c(=O)c(-c4ccccc4)coc3c2)c1. The monoisotopic (exact) mass is 399 g/mol. The molecule has 0 saturated carbocycles. The Bertz CT molecular complexity index is 1260. The van der Waals surface area contributed by atoms with Gasteiger partial charge in [-0.25, -0.2) is 0 Å². The van der Waals surface area contributed by atoms with E-state index in [9.17, 15) is 9.59 Å². The highest BCUT2D eigenvalue weighted by Gasteiger charge is 2.16. The molecule has 30 heavy (non-hydrogen) atoms. The van der Waals surface area contributed by atoms with Crippen molar-refractivity contribution in [1.29, 1.82) is 0 Å². The second kappa shape index (κ2) is 8.25. The molecule has 4 aromatic rings. The van der Waals surface area contributed by atoms with Crippen molar-refractivity contribution in [3.8, 4) is 16.9 Å². The van der Waals surface area contributed by atoms with E-state index in [2.05, 4.69) is 5.32 Å². The highest BCUT2D eigenvalue weighted by atomic mass is 16.5. The Morgan fingerprint density at radius 3 is 2.57 bits per heavy atom. The van der Waals surface area contributed by atoms with E-state index in [-0.39, 0.29) is 11.3 Å². The molecule has 1 heterocycles. The lowest BCUT2D eigenvalue weighted by Crippen LogP contribution is -2.30.